The van der Waals surface area contributed by atoms with Crippen molar-refractivity contribution in [2.75, 3.05) is 25.1 Å². The Morgan fingerprint density at radius 3 is 2.79 bits per heavy atom. The van der Waals surface area contributed by atoms with Gasteiger partial charge in [0.05, 0.1) is 16.4 Å². The fourth-order valence-electron chi connectivity index (χ4n) is 3.11. The minimum atomic E-state index is -3.10. The highest BCUT2D eigenvalue weighted by Crippen LogP contribution is 2.32. The van der Waals surface area contributed by atoms with Crippen LogP contribution in [0.15, 0.2) is 29.2 Å². The van der Waals surface area contributed by atoms with E-state index in [4.69, 9.17) is 11.6 Å². The molecule has 0 aromatic heterocycles. The van der Waals surface area contributed by atoms with E-state index in [1.54, 1.807) is 37.4 Å². The first-order valence-corrected chi connectivity index (χ1v) is 11.6. The first kappa shape index (κ1) is 20.9. The fourth-order valence-corrected chi connectivity index (χ4v) is 5.95. The molecule has 28 heavy (non-hydrogen) atoms. The summed E-state index contributed by atoms with van der Waals surface area (Å²) in [5, 5.41) is 0.0905. The molecule has 3 amide bonds. The van der Waals surface area contributed by atoms with Gasteiger partial charge in [0.2, 0.25) is 5.91 Å². The molecule has 2 aliphatic heterocycles. The summed E-state index contributed by atoms with van der Waals surface area (Å²) in [5.41, 5.74) is 0.705. The number of benzene rings is 1. The van der Waals surface area contributed by atoms with Crippen LogP contribution in [0.4, 0.5) is 4.79 Å². The molecule has 0 N–H and O–H groups in total. The Kier molecular flexibility index (Phi) is 6.16. The van der Waals surface area contributed by atoms with Crippen molar-refractivity contribution >= 4 is 56.3 Å². The van der Waals surface area contributed by atoms with E-state index < -0.39 is 21.0 Å². The molecule has 1 aromatic rings. The maximum Gasteiger partial charge on any atom is 0.293 e. The van der Waals surface area contributed by atoms with E-state index in [1.165, 1.54) is 4.90 Å². The van der Waals surface area contributed by atoms with Crippen LogP contribution in [0.2, 0.25) is 5.02 Å². The third-order valence-electron chi connectivity index (χ3n) is 4.72. The molecule has 1 aromatic carbocycles. The number of thioether (sulfide) groups is 1. The Morgan fingerprint density at radius 1 is 1.39 bits per heavy atom. The lowest BCUT2D eigenvalue weighted by Gasteiger charge is -2.24. The molecule has 2 saturated heterocycles. The number of hydrogen-bond acceptors (Lipinski definition) is 6. The van der Waals surface area contributed by atoms with E-state index in [0.29, 0.717) is 17.0 Å². The zero-order chi connectivity index (χ0) is 20.5. The van der Waals surface area contributed by atoms with Gasteiger partial charge < -0.3 is 4.90 Å². The average Bonchev–Trinajstić information content (AvgIpc) is 3.11. The molecule has 2 heterocycles. The van der Waals surface area contributed by atoms with Crippen LogP contribution in [0, 0.1) is 0 Å². The van der Waals surface area contributed by atoms with Crippen LogP contribution < -0.4 is 0 Å². The quantitative estimate of drug-likeness (QED) is 0.650. The molecule has 0 spiro atoms. The van der Waals surface area contributed by atoms with E-state index >= 15 is 0 Å². The summed E-state index contributed by atoms with van der Waals surface area (Å²) >= 11 is 6.75. The molecule has 2 fully saturated rings. The van der Waals surface area contributed by atoms with Crippen molar-refractivity contribution < 1.29 is 22.8 Å². The van der Waals surface area contributed by atoms with Gasteiger partial charge >= 0.3 is 0 Å². The average molecular weight is 443 g/mol. The number of hydrogen-bond donors (Lipinski definition) is 0. The van der Waals surface area contributed by atoms with E-state index in [9.17, 15) is 22.8 Å². The minimum Gasteiger partial charge on any atom is -0.342 e. The van der Waals surface area contributed by atoms with Crippen LogP contribution in [0.1, 0.15) is 18.4 Å². The van der Waals surface area contributed by atoms with Crippen LogP contribution in [-0.2, 0) is 19.4 Å². The van der Waals surface area contributed by atoms with Crippen LogP contribution >= 0.6 is 23.4 Å². The van der Waals surface area contributed by atoms with Gasteiger partial charge in [0.25, 0.3) is 11.1 Å². The molecule has 0 radical (unpaired) electrons. The monoisotopic (exact) mass is 442 g/mol. The Hall–Kier alpha value is -1.84. The SMILES string of the molecule is CN(C(=O)CCN1C(=O)SC(=Cc2cccc(Cl)c2)C1=O)C1CCS(=O)(=O)C1. The first-order chi connectivity index (χ1) is 13.2. The maximum absolute atomic E-state index is 12.5. The van der Waals surface area contributed by atoms with Crippen LogP contribution in [0.5, 0.6) is 0 Å². The molecule has 2 aliphatic rings. The number of amides is 3. The van der Waals surface area contributed by atoms with Crippen molar-refractivity contribution in [1.29, 1.82) is 0 Å². The van der Waals surface area contributed by atoms with Gasteiger partial charge in [-0.25, -0.2) is 8.42 Å². The van der Waals surface area contributed by atoms with Gasteiger partial charge in [-0.05, 0) is 42.0 Å². The number of carbonyl (C=O) groups excluding carboxylic acids is 3. The standard InChI is InChI=1S/C18H19ClN2O5S2/c1-20(14-6-8-28(25,26)11-14)16(22)5-7-21-17(23)15(27-18(21)24)10-12-3-2-4-13(19)9-12/h2-4,9-10,14H,5-8,11H2,1H3. The Labute approximate surface area is 172 Å². The van der Waals surface area contributed by atoms with Crippen molar-refractivity contribution in [3.63, 3.8) is 0 Å². The summed E-state index contributed by atoms with van der Waals surface area (Å²) in [5.74, 6) is -0.708. The van der Waals surface area contributed by atoms with Gasteiger partial charge in [-0.3, -0.25) is 19.3 Å². The van der Waals surface area contributed by atoms with Crippen molar-refractivity contribution in [2.45, 2.75) is 18.9 Å². The molecular weight excluding hydrogens is 424 g/mol. The zero-order valence-electron chi connectivity index (χ0n) is 15.1. The van der Waals surface area contributed by atoms with Gasteiger partial charge in [-0.2, -0.15) is 0 Å². The van der Waals surface area contributed by atoms with Crippen LogP contribution in [0.25, 0.3) is 6.08 Å². The van der Waals surface area contributed by atoms with E-state index in [0.717, 1.165) is 16.7 Å². The summed E-state index contributed by atoms with van der Waals surface area (Å²) in [4.78, 5) is 39.8. The molecular formula is C18H19ClN2O5S2. The predicted octanol–water partition coefficient (Wildman–Crippen LogP) is 2.41. The molecule has 150 valence electrons. The second kappa shape index (κ2) is 8.26. The van der Waals surface area contributed by atoms with Gasteiger partial charge in [0, 0.05) is 31.1 Å². The number of nitrogens with zero attached hydrogens (tertiary/aromatic N) is 2. The molecule has 0 aliphatic carbocycles. The Balaban J connectivity index is 1.61. The van der Waals surface area contributed by atoms with E-state index in [1.807, 2.05) is 0 Å². The number of halogens is 1. The zero-order valence-corrected chi connectivity index (χ0v) is 17.5. The van der Waals surface area contributed by atoms with Crippen molar-refractivity contribution in [3.8, 4) is 0 Å². The topological polar surface area (TPSA) is 91.8 Å². The second-order valence-corrected chi connectivity index (χ2v) is 10.4. The van der Waals surface area contributed by atoms with Crippen molar-refractivity contribution in [3.05, 3.63) is 39.8 Å². The molecule has 1 unspecified atom stereocenters. The Bertz CT molecular complexity index is 960. The lowest BCUT2D eigenvalue weighted by Crippen LogP contribution is -2.40. The van der Waals surface area contributed by atoms with Crippen LogP contribution in [-0.4, -0.2) is 66.4 Å². The lowest BCUT2D eigenvalue weighted by atomic mass is 10.2. The normalized spacial score (nSPS) is 22.9. The highest BCUT2D eigenvalue weighted by Gasteiger charge is 2.36. The summed E-state index contributed by atoms with van der Waals surface area (Å²) in [6.07, 6.45) is 1.96. The van der Waals surface area contributed by atoms with Gasteiger partial charge in [0.1, 0.15) is 0 Å². The van der Waals surface area contributed by atoms with Crippen molar-refractivity contribution in [1.82, 2.24) is 9.80 Å². The molecule has 0 saturated carbocycles. The highest BCUT2D eigenvalue weighted by molar-refractivity contribution is 8.18. The third kappa shape index (κ3) is 4.76. The number of imide groups is 1. The molecule has 10 heteroatoms. The number of sulfone groups is 1. The smallest absolute Gasteiger partial charge is 0.293 e. The van der Waals surface area contributed by atoms with Crippen LogP contribution in [0.3, 0.4) is 0 Å². The lowest BCUT2D eigenvalue weighted by molar-refractivity contribution is -0.132. The largest absolute Gasteiger partial charge is 0.342 e. The minimum absolute atomic E-state index is 0.0415. The number of rotatable bonds is 5. The third-order valence-corrected chi connectivity index (χ3v) is 7.61. The molecule has 0 bridgehead atoms. The maximum atomic E-state index is 12.5. The summed E-state index contributed by atoms with van der Waals surface area (Å²) in [6.45, 7) is -0.0415. The summed E-state index contributed by atoms with van der Waals surface area (Å²) in [7, 11) is -1.54. The number of carbonyl (C=O) groups is 3. The van der Waals surface area contributed by atoms with Gasteiger partial charge in [-0.1, -0.05) is 23.7 Å². The van der Waals surface area contributed by atoms with Gasteiger partial charge in [-0.15, -0.1) is 0 Å². The summed E-state index contributed by atoms with van der Waals surface area (Å²) < 4.78 is 23.2. The summed E-state index contributed by atoms with van der Waals surface area (Å²) in [6, 6.07) is 6.56. The molecule has 1 atom stereocenters. The molecule has 7 nitrogen and oxygen atoms in total. The Morgan fingerprint density at radius 2 is 2.14 bits per heavy atom. The van der Waals surface area contributed by atoms with E-state index in [2.05, 4.69) is 0 Å². The van der Waals surface area contributed by atoms with Crippen molar-refractivity contribution in [2.24, 2.45) is 0 Å². The molecule has 3 rings (SSSR count). The highest BCUT2D eigenvalue weighted by atomic mass is 35.5. The van der Waals surface area contributed by atoms with Gasteiger partial charge in [0.15, 0.2) is 9.84 Å². The second-order valence-electron chi connectivity index (χ2n) is 6.70. The fraction of sp³-hybridized carbons (Fsp3) is 0.389. The predicted molar refractivity (Wildman–Crippen MR) is 109 cm³/mol. The van der Waals surface area contributed by atoms with E-state index in [-0.39, 0.29) is 41.3 Å². The first-order valence-electron chi connectivity index (χ1n) is 8.63.